The topological polar surface area (TPSA) is 28.7 Å². The lowest BCUT2D eigenvalue weighted by atomic mass is 10.2. The molecule has 1 N–H and O–H groups in total. The van der Waals surface area contributed by atoms with E-state index in [1.165, 1.54) is 12.3 Å². The zero-order valence-electron chi connectivity index (χ0n) is 5.56. The van der Waals surface area contributed by atoms with Crippen LogP contribution in [0.5, 0.6) is 0 Å². The van der Waals surface area contributed by atoms with Crippen LogP contribution in [0.4, 0.5) is 8.78 Å². The first kappa shape index (κ1) is 7.18. The number of H-pyrrole nitrogens is 1. The van der Waals surface area contributed by atoms with E-state index in [9.17, 15) is 8.78 Å². The standard InChI is InChI=1S/C6H8F2N2/c1-6(7,8)4-5-2-3-9-10-5/h2-3H,4H2,1H3,(H,9,10). The first-order valence-corrected chi connectivity index (χ1v) is 2.94. The third-order valence-corrected chi connectivity index (χ3v) is 1.06. The third kappa shape index (κ3) is 2.13. The van der Waals surface area contributed by atoms with Crippen LogP contribution < -0.4 is 0 Å². The number of alkyl halides is 2. The Kier molecular flexibility index (Phi) is 1.70. The highest BCUT2D eigenvalue weighted by Crippen LogP contribution is 2.16. The molecule has 10 heavy (non-hydrogen) atoms. The Labute approximate surface area is 57.3 Å². The van der Waals surface area contributed by atoms with Gasteiger partial charge in [-0.25, -0.2) is 8.78 Å². The zero-order valence-corrected chi connectivity index (χ0v) is 5.56. The number of hydrogen-bond acceptors (Lipinski definition) is 1. The van der Waals surface area contributed by atoms with Crippen molar-refractivity contribution in [3.8, 4) is 0 Å². The quantitative estimate of drug-likeness (QED) is 0.674. The maximum absolute atomic E-state index is 12.2. The highest BCUT2D eigenvalue weighted by Gasteiger charge is 2.21. The molecule has 1 aromatic rings. The number of aromatic amines is 1. The smallest absolute Gasteiger partial charge is 0.250 e. The second-order valence-electron chi connectivity index (χ2n) is 2.33. The summed E-state index contributed by atoms with van der Waals surface area (Å²) in [5, 5.41) is 6.01. The maximum atomic E-state index is 12.2. The molecular weight excluding hydrogens is 138 g/mol. The maximum Gasteiger partial charge on any atom is 0.250 e. The second-order valence-corrected chi connectivity index (χ2v) is 2.33. The molecule has 0 bridgehead atoms. The Balaban J connectivity index is 2.57. The SMILES string of the molecule is CC(F)(F)Cc1ccn[nH]1. The molecule has 1 aromatic heterocycles. The number of nitrogens with zero attached hydrogens (tertiary/aromatic N) is 1. The molecule has 0 aliphatic heterocycles. The molecule has 0 aliphatic carbocycles. The number of aromatic nitrogens is 2. The van der Waals surface area contributed by atoms with Crippen molar-refractivity contribution in [1.82, 2.24) is 10.2 Å². The van der Waals surface area contributed by atoms with E-state index >= 15 is 0 Å². The Morgan fingerprint density at radius 3 is 2.80 bits per heavy atom. The van der Waals surface area contributed by atoms with Crippen molar-refractivity contribution in [3.63, 3.8) is 0 Å². The van der Waals surface area contributed by atoms with Crippen LogP contribution in [-0.2, 0) is 6.42 Å². The van der Waals surface area contributed by atoms with E-state index in [0.717, 1.165) is 6.92 Å². The van der Waals surface area contributed by atoms with Gasteiger partial charge >= 0.3 is 0 Å². The fourth-order valence-corrected chi connectivity index (χ4v) is 0.718. The van der Waals surface area contributed by atoms with Crippen LogP contribution in [0.25, 0.3) is 0 Å². The van der Waals surface area contributed by atoms with Crippen molar-refractivity contribution in [3.05, 3.63) is 18.0 Å². The minimum Gasteiger partial charge on any atom is -0.282 e. The molecule has 0 saturated carbocycles. The summed E-state index contributed by atoms with van der Waals surface area (Å²) >= 11 is 0. The summed E-state index contributed by atoms with van der Waals surface area (Å²) in [4.78, 5) is 0. The lowest BCUT2D eigenvalue weighted by molar-refractivity contribution is 0.0216. The van der Waals surface area contributed by atoms with Crippen molar-refractivity contribution in [2.45, 2.75) is 19.3 Å². The van der Waals surface area contributed by atoms with E-state index in [2.05, 4.69) is 10.2 Å². The van der Waals surface area contributed by atoms with E-state index in [0.29, 0.717) is 5.69 Å². The van der Waals surface area contributed by atoms with Gasteiger partial charge in [-0.15, -0.1) is 0 Å². The van der Waals surface area contributed by atoms with Crippen LogP contribution in [0.2, 0.25) is 0 Å². The van der Waals surface area contributed by atoms with Crippen LogP contribution in [0.1, 0.15) is 12.6 Å². The summed E-state index contributed by atoms with van der Waals surface area (Å²) in [6.07, 6.45) is 1.19. The normalized spacial score (nSPS) is 11.9. The minimum absolute atomic E-state index is 0.271. The molecular formula is C6H8F2N2. The molecule has 4 heteroatoms. The summed E-state index contributed by atoms with van der Waals surface area (Å²) in [7, 11) is 0. The Bertz CT molecular complexity index is 188. The summed E-state index contributed by atoms with van der Waals surface area (Å²) in [6, 6.07) is 1.54. The fraction of sp³-hybridized carbons (Fsp3) is 0.500. The first-order chi connectivity index (χ1) is 4.58. The second kappa shape index (κ2) is 2.36. The molecule has 1 heterocycles. The van der Waals surface area contributed by atoms with Gasteiger partial charge in [-0.2, -0.15) is 5.10 Å². The van der Waals surface area contributed by atoms with Crippen molar-refractivity contribution in [2.75, 3.05) is 0 Å². The van der Waals surface area contributed by atoms with Crippen LogP contribution in [0.15, 0.2) is 12.3 Å². The molecule has 0 amide bonds. The van der Waals surface area contributed by atoms with Gasteiger partial charge in [0, 0.05) is 11.9 Å². The molecule has 2 nitrogen and oxygen atoms in total. The van der Waals surface area contributed by atoms with Crippen molar-refractivity contribution in [1.29, 1.82) is 0 Å². The zero-order chi connectivity index (χ0) is 7.61. The lowest BCUT2D eigenvalue weighted by Gasteiger charge is -2.06. The summed E-state index contributed by atoms with van der Waals surface area (Å²) in [5.41, 5.74) is 0.465. The summed E-state index contributed by atoms with van der Waals surface area (Å²) in [5.74, 6) is -2.65. The lowest BCUT2D eigenvalue weighted by Crippen LogP contribution is -2.13. The van der Waals surface area contributed by atoms with E-state index < -0.39 is 5.92 Å². The van der Waals surface area contributed by atoms with E-state index in [1.807, 2.05) is 0 Å². The Morgan fingerprint density at radius 1 is 1.70 bits per heavy atom. The Morgan fingerprint density at radius 2 is 2.40 bits per heavy atom. The fourth-order valence-electron chi connectivity index (χ4n) is 0.718. The molecule has 0 aliphatic rings. The highest BCUT2D eigenvalue weighted by molar-refractivity contribution is 4.99. The predicted molar refractivity (Wildman–Crippen MR) is 32.9 cm³/mol. The predicted octanol–water partition coefficient (Wildman–Crippen LogP) is 1.61. The largest absolute Gasteiger partial charge is 0.282 e. The van der Waals surface area contributed by atoms with E-state index in [-0.39, 0.29) is 6.42 Å². The van der Waals surface area contributed by atoms with E-state index in [4.69, 9.17) is 0 Å². The van der Waals surface area contributed by atoms with Crippen LogP contribution in [-0.4, -0.2) is 16.1 Å². The van der Waals surface area contributed by atoms with Gasteiger partial charge < -0.3 is 0 Å². The van der Waals surface area contributed by atoms with Gasteiger partial charge in [-0.05, 0) is 13.0 Å². The first-order valence-electron chi connectivity index (χ1n) is 2.94. The van der Waals surface area contributed by atoms with Gasteiger partial charge in [0.25, 0.3) is 5.92 Å². The highest BCUT2D eigenvalue weighted by atomic mass is 19.3. The molecule has 0 radical (unpaired) electrons. The van der Waals surface area contributed by atoms with Crippen molar-refractivity contribution in [2.24, 2.45) is 0 Å². The molecule has 0 fully saturated rings. The monoisotopic (exact) mass is 146 g/mol. The van der Waals surface area contributed by atoms with E-state index in [1.54, 1.807) is 0 Å². The van der Waals surface area contributed by atoms with Crippen LogP contribution in [0.3, 0.4) is 0 Å². The van der Waals surface area contributed by atoms with Gasteiger partial charge in [0.2, 0.25) is 0 Å². The molecule has 1 rings (SSSR count). The number of nitrogens with one attached hydrogen (secondary N) is 1. The van der Waals surface area contributed by atoms with Crippen molar-refractivity contribution < 1.29 is 8.78 Å². The van der Waals surface area contributed by atoms with Gasteiger partial charge in [0.15, 0.2) is 0 Å². The van der Waals surface area contributed by atoms with Gasteiger partial charge in [0.05, 0.1) is 6.42 Å². The number of halogens is 2. The van der Waals surface area contributed by atoms with Gasteiger partial charge in [-0.3, -0.25) is 5.10 Å². The summed E-state index contributed by atoms with van der Waals surface area (Å²) in [6.45, 7) is 0.883. The number of rotatable bonds is 2. The molecule has 0 saturated heterocycles. The summed E-state index contributed by atoms with van der Waals surface area (Å²) < 4.78 is 24.5. The molecule has 0 atom stereocenters. The average Bonchev–Trinajstić information content (AvgIpc) is 2.12. The van der Waals surface area contributed by atoms with Crippen LogP contribution in [0, 0.1) is 0 Å². The molecule has 0 aromatic carbocycles. The minimum atomic E-state index is -2.65. The van der Waals surface area contributed by atoms with Crippen molar-refractivity contribution >= 4 is 0 Å². The number of hydrogen-bond donors (Lipinski definition) is 1. The average molecular weight is 146 g/mol. The molecule has 0 unspecified atom stereocenters. The Hall–Kier alpha value is -0.930. The van der Waals surface area contributed by atoms with Gasteiger partial charge in [-0.1, -0.05) is 0 Å². The molecule has 56 valence electrons. The van der Waals surface area contributed by atoms with Crippen LogP contribution >= 0.6 is 0 Å². The third-order valence-electron chi connectivity index (χ3n) is 1.06. The van der Waals surface area contributed by atoms with Gasteiger partial charge in [0.1, 0.15) is 0 Å². The molecule has 0 spiro atoms.